The van der Waals surface area contributed by atoms with Crippen LogP contribution < -0.4 is 0 Å². The first-order valence-electron chi connectivity index (χ1n) is 5.88. The summed E-state index contributed by atoms with van der Waals surface area (Å²) >= 11 is 7.88. The van der Waals surface area contributed by atoms with E-state index in [-0.39, 0.29) is 11.9 Å². The first-order valence-corrected chi connectivity index (χ1v) is 7.31. The molecular formula is C14H16ClNOS. The van der Waals surface area contributed by atoms with Crippen LogP contribution in [-0.2, 0) is 5.75 Å². The van der Waals surface area contributed by atoms with Crippen molar-refractivity contribution in [2.24, 2.45) is 0 Å². The quantitative estimate of drug-likeness (QED) is 0.865. The molecule has 2 aromatic rings. The number of aryl methyl sites for hydroxylation is 1. The molecule has 1 aromatic carbocycles. The second-order valence-electron chi connectivity index (χ2n) is 4.44. The van der Waals surface area contributed by atoms with Crippen molar-refractivity contribution in [2.45, 2.75) is 24.9 Å². The zero-order chi connectivity index (χ0) is 13.1. The minimum absolute atomic E-state index is 0.183. The molecule has 2 rings (SSSR count). The Bertz CT molecular complexity index is 559. The molecule has 1 unspecified atom stereocenters. The number of thioether (sulfide) groups is 1. The Hall–Kier alpha value is -0.770. The number of halogens is 1. The molecule has 4 heteroatoms. The number of aromatic nitrogens is 1. The van der Waals surface area contributed by atoms with Crippen LogP contribution in [0.5, 0.6) is 0 Å². The van der Waals surface area contributed by atoms with Gasteiger partial charge < -0.3 is 5.11 Å². The summed E-state index contributed by atoms with van der Waals surface area (Å²) in [6.07, 6.45) is 0. The Kier molecular flexibility index (Phi) is 4.49. The van der Waals surface area contributed by atoms with Gasteiger partial charge in [-0.15, -0.1) is 0 Å². The summed E-state index contributed by atoms with van der Waals surface area (Å²) in [6.45, 7) is 4.22. The lowest BCUT2D eigenvalue weighted by atomic mass is 10.1. The maximum atomic E-state index is 9.01. The van der Waals surface area contributed by atoms with Gasteiger partial charge in [0.1, 0.15) is 5.15 Å². The van der Waals surface area contributed by atoms with E-state index >= 15 is 0 Å². The normalized spacial score (nSPS) is 12.9. The third-order valence-electron chi connectivity index (χ3n) is 2.78. The molecule has 0 radical (unpaired) electrons. The Balaban J connectivity index is 2.29. The largest absolute Gasteiger partial charge is 0.395 e. The smallest absolute Gasteiger partial charge is 0.133 e. The van der Waals surface area contributed by atoms with Crippen LogP contribution in [-0.4, -0.2) is 21.9 Å². The molecular weight excluding hydrogens is 266 g/mol. The molecule has 0 bridgehead atoms. The predicted octanol–water partition coefficient (Wildman–Crippen LogP) is 3.81. The monoisotopic (exact) mass is 281 g/mol. The van der Waals surface area contributed by atoms with Gasteiger partial charge in [0.15, 0.2) is 0 Å². The van der Waals surface area contributed by atoms with Crippen LogP contribution in [0, 0.1) is 6.92 Å². The first kappa shape index (κ1) is 13.7. The third kappa shape index (κ3) is 3.16. The standard InChI is InChI=1S/C14H16ClNOS/c1-9-3-4-11-6-12(8-18-10(2)7-17)14(15)16-13(11)5-9/h3-6,10,17H,7-8H2,1-2H3. The lowest BCUT2D eigenvalue weighted by Crippen LogP contribution is -2.02. The Morgan fingerprint density at radius 3 is 2.89 bits per heavy atom. The van der Waals surface area contributed by atoms with Gasteiger partial charge in [0.05, 0.1) is 12.1 Å². The molecule has 0 aliphatic rings. The molecule has 0 saturated heterocycles. The topological polar surface area (TPSA) is 33.1 Å². The third-order valence-corrected chi connectivity index (χ3v) is 4.30. The van der Waals surface area contributed by atoms with Crippen molar-refractivity contribution in [3.63, 3.8) is 0 Å². The van der Waals surface area contributed by atoms with E-state index in [0.717, 1.165) is 22.2 Å². The maximum Gasteiger partial charge on any atom is 0.133 e. The molecule has 2 nitrogen and oxygen atoms in total. The van der Waals surface area contributed by atoms with Crippen LogP contribution in [0.1, 0.15) is 18.1 Å². The van der Waals surface area contributed by atoms with Crippen LogP contribution in [0.25, 0.3) is 10.9 Å². The number of aliphatic hydroxyl groups excluding tert-OH is 1. The van der Waals surface area contributed by atoms with Gasteiger partial charge in [-0.2, -0.15) is 11.8 Å². The maximum absolute atomic E-state index is 9.01. The summed E-state index contributed by atoms with van der Waals surface area (Å²) in [4.78, 5) is 4.43. The van der Waals surface area contributed by atoms with E-state index in [0.29, 0.717) is 5.15 Å². The first-order chi connectivity index (χ1) is 8.60. The van der Waals surface area contributed by atoms with Gasteiger partial charge in [0, 0.05) is 22.0 Å². The Morgan fingerprint density at radius 1 is 1.39 bits per heavy atom. The van der Waals surface area contributed by atoms with E-state index in [1.165, 1.54) is 5.56 Å². The van der Waals surface area contributed by atoms with Gasteiger partial charge in [-0.05, 0) is 24.6 Å². The second kappa shape index (κ2) is 5.91. The second-order valence-corrected chi connectivity index (χ2v) is 6.22. The molecule has 0 amide bonds. The summed E-state index contributed by atoms with van der Waals surface area (Å²) < 4.78 is 0. The molecule has 0 aliphatic carbocycles. The van der Waals surface area contributed by atoms with Gasteiger partial charge in [-0.1, -0.05) is 30.7 Å². The van der Waals surface area contributed by atoms with Crippen LogP contribution in [0.15, 0.2) is 24.3 Å². The van der Waals surface area contributed by atoms with E-state index in [2.05, 4.69) is 23.2 Å². The van der Waals surface area contributed by atoms with Crippen molar-refractivity contribution in [1.82, 2.24) is 4.98 Å². The lowest BCUT2D eigenvalue weighted by molar-refractivity contribution is 0.300. The summed E-state index contributed by atoms with van der Waals surface area (Å²) in [6, 6.07) is 8.26. The van der Waals surface area contributed by atoms with E-state index < -0.39 is 0 Å². The van der Waals surface area contributed by atoms with Crippen molar-refractivity contribution in [1.29, 1.82) is 0 Å². The van der Waals surface area contributed by atoms with Crippen molar-refractivity contribution in [3.05, 3.63) is 40.5 Å². The Labute approximate surface area is 116 Å². The van der Waals surface area contributed by atoms with E-state index in [4.69, 9.17) is 16.7 Å². The fourth-order valence-corrected chi connectivity index (χ4v) is 2.76. The minimum atomic E-state index is 0.183. The van der Waals surface area contributed by atoms with Gasteiger partial charge in [-0.3, -0.25) is 0 Å². The van der Waals surface area contributed by atoms with Crippen molar-refractivity contribution in [2.75, 3.05) is 6.61 Å². The number of pyridine rings is 1. The van der Waals surface area contributed by atoms with Gasteiger partial charge >= 0.3 is 0 Å². The zero-order valence-corrected chi connectivity index (χ0v) is 12.1. The fraction of sp³-hybridized carbons (Fsp3) is 0.357. The zero-order valence-electron chi connectivity index (χ0n) is 10.5. The summed E-state index contributed by atoms with van der Waals surface area (Å²) in [5.41, 5.74) is 3.14. The van der Waals surface area contributed by atoms with Crippen LogP contribution in [0.3, 0.4) is 0 Å². The van der Waals surface area contributed by atoms with Crippen LogP contribution >= 0.6 is 23.4 Å². The highest BCUT2D eigenvalue weighted by Gasteiger charge is 2.07. The summed E-state index contributed by atoms with van der Waals surface area (Å²) in [5, 5.41) is 10.9. The molecule has 1 aromatic heterocycles. The van der Waals surface area contributed by atoms with E-state index in [1.807, 2.05) is 19.9 Å². The average molecular weight is 282 g/mol. The number of nitrogens with zero attached hydrogens (tertiary/aromatic N) is 1. The van der Waals surface area contributed by atoms with Crippen LogP contribution in [0.4, 0.5) is 0 Å². The van der Waals surface area contributed by atoms with E-state index in [1.54, 1.807) is 11.8 Å². The highest BCUT2D eigenvalue weighted by molar-refractivity contribution is 7.99. The highest BCUT2D eigenvalue weighted by Crippen LogP contribution is 2.26. The summed E-state index contributed by atoms with van der Waals surface area (Å²) in [5.74, 6) is 0.775. The van der Waals surface area contributed by atoms with E-state index in [9.17, 15) is 0 Å². The fourth-order valence-electron chi connectivity index (χ4n) is 1.68. The SMILES string of the molecule is Cc1ccc2cc(CSC(C)CO)c(Cl)nc2c1. The number of benzene rings is 1. The lowest BCUT2D eigenvalue weighted by Gasteiger charge is -2.09. The molecule has 1 N–H and O–H groups in total. The van der Waals surface area contributed by atoms with Crippen LogP contribution in [0.2, 0.25) is 5.15 Å². The van der Waals surface area contributed by atoms with Crippen molar-refractivity contribution < 1.29 is 5.11 Å². The molecule has 0 saturated carbocycles. The molecule has 1 heterocycles. The molecule has 1 atom stereocenters. The molecule has 96 valence electrons. The minimum Gasteiger partial charge on any atom is -0.395 e. The molecule has 0 spiro atoms. The van der Waals surface area contributed by atoms with Gasteiger partial charge in [0.25, 0.3) is 0 Å². The van der Waals surface area contributed by atoms with Crippen molar-refractivity contribution in [3.8, 4) is 0 Å². The average Bonchev–Trinajstić information content (AvgIpc) is 2.35. The van der Waals surface area contributed by atoms with Gasteiger partial charge in [0.2, 0.25) is 0 Å². The number of rotatable bonds is 4. The van der Waals surface area contributed by atoms with Crippen molar-refractivity contribution >= 4 is 34.3 Å². The number of hydrogen-bond donors (Lipinski definition) is 1. The predicted molar refractivity (Wildman–Crippen MR) is 79.3 cm³/mol. The Morgan fingerprint density at radius 2 is 2.17 bits per heavy atom. The highest BCUT2D eigenvalue weighted by atomic mass is 35.5. The number of aliphatic hydroxyl groups is 1. The summed E-state index contributed by atoms with van der Waals surface area (Å²) in [7, 11) is 0. The molecule has 0 fully saturated rings. The number of hydrogen-bond acceptors (Lipinski definition) is 3. The van der Waals surface area contributed by atoms with Gasteiger partial charge in [-0.25, -0.2) is 4.98 Å². The molecule has 18 heavy (non-hydrogen) atoms. The number of fused-ring (bicyclic) bond motifs is 1. The molecule has 0 aliphatic heterocycles.